The number of carbonyl (C=O) groups is 1. The summed E-state index contributed by atoms with van der Waals surface area (Å²) in [5.74, 6) is -0.608. The van der Waals surface area contributed by atoms with Crippen LogP contribution in [0.3, 0.4) is 0 Å². The van der Waals surface area contributed by atoms with Crippen LogP contribution in [-0.2, 0) is 4.89 Å². The van der Waals surface area contributed by atoms with E-state index in [9.17, 15) is 9.90 Å². The van der Waals surface area contributed by atoms with Crippen molar-refractivity contribution in [2.75, 3.05) is 0 Å². The predicted molar refractivity (Wildman–Crippen MR) is 85.0 cm³/mol. The van der Waals surface area contributed by atoms with Crippen molar-refractivity contribution in [1.82, 2.24) is 0 Å². The molecule has 0 fully saturated rings. The Labute approximate surface area is 130 Å². The molecule has 0 aliphatic carbocycles. The standard InChI is InChI=1S/C18H20O4/c1-12-8-5-6-9-13(12)16-14(17(19)20)10-7-11-15(16)21-22-18(2,3)4/h5-11H,1-4H3,(H,19,20). The fraction of sp³-hybridized carbons (Fsp3) is 0.278. The van der Waals surface area contributed by atoms with Gasteiger partial charge in [0.15, 0.2) is 5.75 Å². The highest BCUT2D eigenvalue weighted by Crippen LogP contribution is 2.36. The molecule has 0 saturated heterocycles. The first-order chi connectivity index (χ1) is 10.3. The van der Waals surface area contributed by atoms with Crippen LogP contribution in [0.4, 0.5) is 0 Å². The van der Waals surface area contributed by atoms with E-state index in [1.807, 2.05) is 52.0 Å². The molecule has 0 aliphatic heterocycles. The second-order valence-electron chi connectivity index (χ2n) is 6.08. The molecule has 0 aromatic heterocycles. The van der Waals surface area contributed by atoms with E-state index < -0.39 is 11.6 Å². The predicted octanol–water partition coefficient (Wildman–Crippen LogP) is 4.47. The van der Waals surface area contributed by atoms with Gasteiger partial charge in [-0.2, -0.15) is 4.89 Å². The van der Waals surface area contributed by atoms with Crippen LogP contribution in [0.15, 0.2) is 42.5 Å². The maximum atomic E-state index is 11.6. The van der Waals surface area contributed by atoms with Gasteiger partial charge in [-0.3, -0.25) is 0 Å². The van der Waals surface area contributed by atoms with Gasteiger partial charge in [-0.1, -0.05) is 30.3 Å². The zero-order chi connectivity index (χ0) is 16.3. The number of carboxylic acids is 1. The number of hydrogen-bond donors (Lipinski definition) is 1. The maximum Gasteiger partial charge on any atom is 0.336 e. The fourth-order valence-corrected chi connectivity index (χ4v) is 2.08. The normalized spacial score (nSPS) is 11.3. The molecule has 1 N–H and O–H groups in total. The SMILES string of the molecule is Cc1ccccc1-c1c(OOC(C)(C)C)cccc1C(=O)O. The molecule has 0 atom stereocenters. The van der Waals surface area contributed by atoms with Gasteiger partial charge >= 0.3 is 5.97 Å². The Bertz CT molecular complexity index is 684. The first kappa shape index (κ1) is 16.0. The van der Waals surface area contributed by atoms with Gasteiger partial charge in [0.1, 0.15) is 5.60 Å². The topological polar surface area (TPSA) is 55.8 Å². The lowest BCUT2D eigenvalue weighted by molar-refractivity contribution is -0.274. The smallest absolute Gasteiger partial charge is 0.336 e. The average Bonchev–Trinajstić information content (AvgIpc) is 2.44. The number of aromatic carboxylic acids is 1. The molecule has 0 unspecified atom stereocenters. The Balaban J connectivity index is 2.57. The third-order valence-corrected chi connectivity index (χ3v) is 3.05. The summed E-state index contributed by atoms with van der Waals surface area (Å²) in [5, 5.41) is 9.47. The van der Waals surface area contributed by atoms with Crippen LogP contribution < -0.4 is 4.89 Å². The Morgan fingerprint density at radius 1 is 1.05 bits per heavy atom. The molecule has 0 bridgehead atoms. The van der Waals surface area contributed by atoms with Crippen LogP contribution in [0.2, 0.25) is 0 Å². The maximum absolute atomic E-state index is 11.6. The highest BCUT2D eigenvalue weighted by Gasteiger charge is 2.21. The van der Waals surface area contributed by atoms with Gasteiger partial charge in [0, 0.05) is 5.56 Å². The van der Waals surface area contributed by atoms with Crippen LogP contribution in [0.25, 0.3) is 11.1 Å². The molecule has 0 amide bonds. The Kier molecular flexibility index (Phi) is 4.52. The third kappa shape index (κ3) is 3.65. The molecule has 0 spiro atoms. The monoisotopic (exact) mass is 300 g/mol. The second-order valence-corrected chi connectivity index (χ2v) is 6.08. The lowest BCUT2D eigenvalue weighted by atomic mass is 9.95. The van der Waals surface area contributed by atoms with Crippen molar-refractivity contribution in [3.05, 3.63) is 53.6 Å². The molecule has 0 aliphatic rings. The fourth-order valence-electron chi connectivity index (χ4n) is 2.08. The lowest BCUT2D eigenvalue weighted by Gasteiger charge is -2.20. The number of hydrogen-bond acceptors (Lipinski definition) is 3. The number of aryl methyl sites for hydroxylation is 1. The van der Waals surface area contributed by atoms with Crippen molar-refractivity contribution in [1.29, 1.82) is 0 Å². The largest absolute Gasteiger partial charge is 0.478 e. The molecular weight excluding hydrogens is 280 g/mol. The van der Waals surface area contributed by atoms with E-state index >= 15 is 0 Å². The van der Waals surface area contributed by atoms with E-state index in [1.165, 1.54) is 0 Å². The summed E-state index contributed by atoms with van der Waals surface area (Å²) in [6.45, 7) is 7.52. The van der Waals surface area contributed by atoms with Gasteiger partial charge in [-0.05, 0) is 51.0 Å². The highest BCUT2D eigenvalue weighted by atomic mass is 17.2. The molecule has 116 valence electrons. The van der Waals surface area contributed by atoms with E-state index in [0.29, 0.717) is 11.3 Å². The quantitative estimate of drug-likeness (QED) is 0.668. The lowest BCUT2D eigenvalue weighted by Crippen LogP contribution is -2.21. The van der Waals surface area contributed by atoms with Crippen LogP contribution in [0.1, 0.15) is 36.7 Å². The van der Waals surface area contributed by atoms with E-state index in [4.69, 9.17) is 9.78 Å². The number of carboxylic acid groups (broad SMARTS) is 1. The summed E-state index contributed by atoms with van der Waals surface area (Å²) in [4.78, 5) is 22.4. The van der Waals surface area contributed by atoms with Crippen molar-refractivity contribution >= 4 is 5.97 Å². The summed E-state index contributed by atoms with van der Waals surface area (Å²) < 4.78 is 0. The molecule has 2 aromatic carbocycles. The zero-order valence-electron chi connectivity index (χ0n) is 13.2. The molecule has 22 heavy (non-hydrogen) atoms. The second kappa shape index (κ2) is 6.20. The Morgan fingerprint density at radius 2 is 1.73 bits per heavy atom. The van der Waals surface area contributed by atoms with Crippen LogP contribution in [0, 0.1) is 6.92 Å². The zero-order valence-corrected chi connectivity index (χ0v) is 13.2. The first-order valence-corrected chi connectivity index (χ1v) is 7.07. The van der Waals surface area contributed by atoms with Crippen LogP contribution >= 0.6 is 0 Å². The van der Waals surface area contributed by atoms with Crippen LogP contribution in [-0.4, -0.2) is 16.7 Å². The number of rotatable bonds is 4. The van der Waals surface area contributed by atoms with Gasteiger partial charge in [0.25, 0.3) is 0 Å². The van der Waals surface area contributed by atoms with Gasteiger partial charge in [-0.15, -0.1) is 0 Å². The van der Waals surface area contributed by atoms with Crippen LogP contribution in [0.5, 0.6) is 5.75 Å². The molecule has 2 aromatic rings. The van der Waals surface area contributed by atoms with Crippen molar-refractivity contribution in [3.8, 4) is 16.9 Å². The number of benzene rings is 2. The summed E-state index contributed by atoms with van der Waals surface area (Å²) in [7, 11) is 0. The average molecular weight is 300 g/mol. The van der Waals surface area contributed by atoms with Crippen molar-refractivity contribution in [2.45, 2.75) is 33.3 Å². The highest BCUT2D eigenvalue weighted by molar-refractivity contribution is 5.98. The minimum Gasteiger partial charge on any atom is -0.478 e. The molecule has 0 heterocycles. The summed E-state index contributed by atoms with van der Waals surface area (Å²) in [6.07, 6.45) is 0. The Morgan fingerprint density at radius 3 is 2.32 bits per heavy atom. The molecule has 0 radical (unpaired) electrons. The van der Waals surface area contributed by atoms with E-state index in [2.05, 4.69) is 0 Å². The van der Waals surface area contributed by atoms with Gasteiger partial charge < -0.3 is 9.99 Å². The van der Waals surface area contributed by atoms with E-state index in [-0.39, 0.29) is 5.56 Å². The van der Waals surface area contributed by atoms with Crippen molar-refractivity contribution in [2.24, 2.45) is 0 Å². The molecule has 2 rings (SSSR count). The van der Waals surface area contributed by atoms with Crippen molar-refractivity contribution < 1.29 is 19.7 Å². The van der Waals surface area contributed by atoms with Gasteiger partial charge in [0.05, 0.1) is 5.56 Å². The van der Waals surface area contributed by atoms with Crippen molar-refractivity contribution in [3.63, 3.8) is 0 Å². The molecule has 4 heteroatoms. The summed E-state index contributed by atoms with van der Waals surface area (Å²) >= 11 is 0. The minimum absolute atomic E-state index is 0.185. The van der Waals surface area contributed by atoms with Gasteiger partial charge in [0.2, 0.25) is 0 Å². The van der Waals surface area contributed by atoms with E-state index in [1.54, 1.807) is 18.2 Å². The molecule has 4 nitrogen and oxygen atoms in total. The summed E-state index contributed by atoms with van der Waals surface area (Å²) in [5.41, 5.74) is 1.99. The molecule has 0 saturated carbocycles. The molecular formula is C18H20O4. The third-order valence-electron chi connectivity index (χ3n) is 3.05. The van der Waals surface area contributed by atoms with E-state index in [0.717, 1.165) is 11.1 Å². The summed E-state index contributed by atoms with van der Waals surface area (Å²) in [6, 6.07) is 12.5. The minimum atomic E-state index is -1.00. The first-order valence-electron chi connectivity index (χ1n) is 7.07. The van der Waals surface area contributed by atoms with Gasteiger partial charge in [-0.25, -0.2) is 4.79 Å². The Hall–Kier alpha value is -2.33.